The summed E-state index contributed by atoms with van der Waals surface area (Å²) in [5, 5.41) is 0. The molecule has 0 unspecified atom stereocenters. The number of rotatable bonds is 4. The lowest BCUT2D eigenvalue weighted by atomic mass is 9.82. The lowest BCUT2D eigenvalue weighted by Gasteiger charge is -2.24. The summed E-state index contributed by atoms with van der Waals surface area (Å²) in [6, 6.07) is 0. The summed E-state index contributed by atoms with van der Waals surface area (Å²) in [7, 11) is 0. The summed E-state index contributed by atoms with van der Waals surface area (Å²) in [5.41, 5.74) is 26.3. The van der Waals surface area contributed by atoms with Crippen molar-refractivity contribution in [1.82, 2.24) is 21.9 Å². The highest BCUT2D eigenvalue weighted by molar-refractivity contribution is 6.01. The Labute approximate surface area is 174 Å². The maximum Gasteiger partial charge on any atom is 0.167 e. The first-order valence-electron chi connectivity index (χ1n) is 10.3. The number of ketones is 1. The van der Waals surface area contributed by atoms with Crippen LogP contribution in [0.25, 0.3) is 0 Å². The fourth-order valence-corrected chi connectivity index (χ4v) is 4.70. The number of carbonyl (C=O) groups excluding carboxylic acids is 1. The van der Waals surface area contributed by atoms with Crippen molar-refractivity contribution in [2.75, 3.05) is 0 Å². The highest BCUT2D eigenvalue weighted by Gasteiger charge is 2.26. The Balaban J connectivity index is 2.11. The van der Waals surface area contributed by atoms with E-state index >= 15 is 0 Å². The molecule has 0 atom stereocenters. The van der Waals surface area contributed by atoms with Gasteiger partial charge in [-0.3, -0.25) is 4.79 Å². The van der Waals surface area contributed by atoms with Crippen molar-refractivity contribution >= 4 is 5.78 Å². The smallest absolute Gasteiger partial charge is 0.167 e. The van der Waals surface area contributed by atoms with Crippen LogP contribution in [0.15, 0.2) is 0 Å². The minimum absolute atomic E-state index is 0.0458. The van der Waals surface area contributed by atoms with Gasteiger partial charge >= 0.3 is 0 Å². The van der Waals surface area contributed by atoms with E-state index in [0.29, 0.717) is 6.42 Å². The Hall–Kier alpha value is -2.05. The van der Waals surface area contributed by atoms with E-state index in [2.05, 4.69) is 84.2 Å². The van der Waals surface area contributed by atoms with Crippen molar-refractivity contribution in [1.29, 1.82) is 0 Å². The topological polar surface area (TPSA) is 65.2 Å². The van der Waals surface area contributed by atoms with E-state index in [4.69, 9.17) is 0 Å². The third kappa shape index (κ3) is 3.53. The fraction of sp³-hybridized carbons (Fsp3) is 0.458. The molecule has 0 radical (unpaired) electrons. The molecule has 4 N–H and O–H groups in total. The molecule has 1 aliphatic rings. The zero-order valence-corrected chi connectivity index (χ0v) is 19.2. The predicted molar refractivity (Wildman–Crippen MR) is 119 cm³/mol. The molecule has 5 nitrogen and oxygen atoms in total. The van der Waals surface area contributed by atoms with E-state index in [9.17, 15) is 4.79 Å². The van der Waals surface area contributed by atoms with Gasteiger partial charge in [-0.25, -0.2) is 10.9 Å². The van der Waals surface area contributed by atoms with E-state index in [-0.39, 0.29) is 11.9 Å². The summed E-state index contributed by atoms with van der Waals surface area (Å²) in [4.78, 5) is 13.5. The normalized spacial score (nSPS) is 14.7. The van der Waals surface area contributed by atoms with E-state index in [1.54, 1.807) is 0 Å². The molecule has 156 valence electrons. The third-order valence-electron chi connectivity index (χ3n) is 7.24. The molecule has 5 heteroatoms. The Kier molecular flexibility index (Phi) is 5.97. The number of hydrogen-bond donors (Lipinski definition) is 4. The number of hydrazine groups is 3. The van der Waals surface area contributed by atoms with Gasteiger partial charge in [0.25, 0.3) is 0 Å². The van der Waals surface area contributed by atoms with E-state index in [0.717, 1.165) is 22.3 Å². The molecule has 1 fully saturated rings. The van der Waals surface area contributed by atoms with Gasteiger partial charge in [0.1, 0.15) is 6.17 Å². The van der Waals surface area contributed by atoms with Gasteiger partial charge in [0.15, 0.2) is 5.78 Å². The van der Waals surface area contributed by atoms with Gasteiger partial charge in [-0.15, -0.1) is 0 Å². The lowest BCUT2D eigenvalue weighted by molar-refractivity contribution is 0.0991. The van der Waals surface area contributed by atoms with Crippen molar-refractivity contribution in [3.05, 3.63) is 66.8 Å². The van der Waals surface area contributed by atoms with Gasteiger partial charge < -0.3 is 0 Å². The van der Waals surface area contributed by atoms with Gasteiger partial charge in [0, 0.05) is 12.0 Å². The molecule has 0 aliphatic carbocycles. The summed E-state index contributed by atoms with van der Waals surface area (Å²) >= 11 is 0. The second kappa shape index (κ2) is 8.00. The average molecular weight is 395 g/mol. The molecular formula is C24H34N4O. The predicted octanol–water partition coefficient (Wildman–Crippen LogP) is 4.00. The fourth-order valence-electron chi connectivity index (χ4n) is 4.70. The van der Waals surface area contributed by atoms with E-state index in [1.165, 1.54) is 44.5 Å². The minimum Gasteiger partial charge on any atom is -0.294 e. The second-order valence-corrected chi connectivity index (χ2v) is 8.46. The van der Waals surface area contributed by atoms with Crippen LogP contribution in [0.5, 0.6) is 0 Å². The summed E-state index contributed by atoms with van der Waals surface area (Å²) in [5.74, 6) is 0.204. The van der Waals surface area contributed by atoms with Crippen LogP contribution in [0.2, 0.25) is 0 Å². The van der Waals surface area contributed by atoms with Crippen LogP contribution in [-0.4, -0.2) is 5.78 Å². The summed E-state index contributed by atoms with van der Waals surface area (Å²) < 4.78 is 0. The van der Waals surface area contributed by atoms with Gasteiger partial charge in [0.2, 0.25) is 0 Å². The Morgan fingerprint density at radius 1 is 0.621 bits per heavy atom. The molecule has 1 saturated heterocycles. The first kappa shape index (κ1) is 21.7. The van der Waals surface area contributed by atoms with E-state index in [1.807, 2.05) is 0 Å². The molecule has 0 aromatic heterocycles. The van der Waals surface area contributed by atoms with Crippen molar-refractivity contribution in [2.45, 2.75) is 74.9 Å². The van der Waals surface area contributed by atoms with Crippen LogP contribution in [0, 0.1) is 62.3 Å². The highest BCUT2D eigenvalue weighted by atomic mass is 16.1. The first-order chi connectivity index (χ1) is 13.6. The van der Waals surface area contributed by atoms with Crippen LogP contribution in [-0.2, 0) is 6.42 Å². The van der Waals surface area contributed by atoms with E-state index < -0.39 is 0 Å². The van der Waals surface area contributed by atoms with Crippen LogP contribution >= 0.6 is 0 Å². The van der Waals surface area contributed by atoms with Gasteiger partial charge in [-0.2, -0.15) is 11.1 Å². The Morgan fingerprint density at radius 3 is 1.59 bits per heavy atom. The van der Waals surface area contributed by atoms with Gasteiger partial charge in [0.05, 0.1) is 0 Å². The zero-order valence-electron chi connectivity index (χ0n) is 19.2. The molecule has 3 rings (SSSR count). The number of hydrogen-bond acceptors (Lipinski definition) is 5. The standard InChI is InChI=1S/C24H34N4O/c1-11-12(2)16(6)22(17(7)13(11)3)21(29)10-20-15(5)14(4)18(8)23(19(20)9)24-25-27-28-26-24/h24-28H,10H2,1-9H3. The number of Topliss-reactive ketones (excluding diaryl/α,β-unsaturated/α-hetero) is 1. The Bertz CT molecular complexity index is 972. The molecule has 1 heterocycles. The monoisotopic (exact) mass is 394 g/mol. The number of benzene rings is 2. The molecule has 2 aromatic carbocycles. The molecule has 1 aliphatic heterocycles. The largest absolute Gasteiger partial charge is 0.294 e. The molecule has 0 spiro atoms. The third-order valence-corrected chi connectivity index (χ3v) is 7.24. The maximum absolute atomic E-state index is 13.5. The molecule has 2 aromatic rings. The van der Waals surface area contributed by atoms with Gasteiger partial charge in [-0.05, 0) is 124 Å². The average Bonchev–Trinajstić information content (AvgIpc) is 3.21. The second-order valence-electron chi connectivity index (χ2n) is 8.46. The zero-order chi connectivity index (χ0) is 21.6. The van der Waals surface area contributed by atoms with Crippen LogP contribution < -0.4 is 21.9 Å². The first-order valence-corrected chi connectivity index (χ1v) is 10.3. The lowest BCUT2D eigenvalue weighted by Crippen LogP contribution is -2.33. The summed E-state index contributed by atoms with van der Waals surface area (Å²) in [6.45, 7) is 19.1. The highest BCUT2D eigenvalue weighted by Crippen LogP contribution is 2.33. The maximum atomic E-state index is 13.5. The van der Waals surface area contributed by atoms with Crippen LogP contribution in [0.1, 0.15) is 77.7 Å². The van der Waals surface area contributed by atoms with Crippen LogP contribution in [0.4, 0.5) is 0 Å². The van der Waals surface area contributed by atoms with Gasteiger partial charge in [-0.1, -0.05) is 0 Å². The molecule has 29 heavy (non-hydrogen) atoms. The number of nitrogens with one attached hydrogen (secondary N) is 4. The Morgan fingerprint density at radius 2 is 1.07 bits per heavy atom. The van der Waals surface area contributed by atoms with Crippen LogP contribution in [0.3, 0.4) is 0 Å². The molecule has 0 saturated carbocycles. The number of carbonyl (C=O) groups is 1. The SMILES string of the molecule is Cc1c(C)c(C)c(C(=O)Cc2c(C)c(C)c(C)c(C3NNNN3)c2C)c(C)c1C. The molecule has 0 amide bonds. The molecule has 0 bridgehead atoms. The van der Waals surface area contributed by atoms with Crippen molar-refractivity contribution in [3.63, 3.8) is 0 Å². The van der Waals surface area contributed by atoms with Crippen molar-refractivity contribution in [2.24, 2.45) is 0 Å². The minimum atomic E-state index is -0.0458. The van der Waals surface area contributed by atoms with Crippen molar-refractivity contribution < 1.29 is 4.79 Å². The van der Waals surface area contributed by atoms with Crippen molar-refractivity contribution in [3.8, 4) is 0 Å². The quantitative estimate of drug-likeness (QED) is 0.590. The summed E-state index contributed by atoms with van der Waals surface area (Å²) in [6.07, 6.45) is 0.374. The molecular weight excluding hydrogens is 360 g/mol.